The lowest BCUT2D eigenvalue weighted by Gasteiger charge is -2.02. The van der Waals surface area contributed by atoms with E-state index in [-0.39, 0.29) is 0 Å². The molecule has 1 heterocycles. The van der Waals surface area contributed by atoms with Crippen molar-refractivity contribution in [2.75, 3.05) is 0 Å². The zero-order valence-corrected chi connectivity index (χ0v) is 9.24. The molecule has 0 bridgehead atoms. The second-order valence-electron chi connectivity index (χ2n) is 3.03. The van der Waals surface area contributed by atoms with Crippen LogP contribution in [0.2, 0.25) is 0 Å². The Morgan fingerprint density at radius 3 is 3.06 bits per heavy atom. The average Bonchev–Trinajstić information content (AvgIpc) is 2.83. The van der Waals surface area contributed by atoms with Gasteiger partial charge in [0.1, 0.15) is 5.75 Å². The van der Waals surface area contributed by atoms with E-state index in [1.807, 2.05) is 17.5 Å². The number of hydrogen-bond donors (Lipinski definition) is 0. The van der Waals surface area contributed by atoms with Crippen molar-refractivity contribution in [2.24, 2.45) is 0 Å². The van der Waals surface area contributed by atoms with Gasteiger partial charge in [0.2, 0.25) is 0 Å². The molecule has 16 heavy (non-hydrogen) atoms. The van der Waals surface area contributed by atoms with Crippen LogP contribution in [0.15, 0.2) is 47.8 Å². The molecule has 1 aromatic heterocycles. The van der Waals surface area contributed by atoms with Crippen LogP contribution >= 0.6 is 11.3 Å². The Morgan fingerprint density at radius 2 is 2.38 bits per heavy atom. The average molecular weight is 231 g/mol. The predicted octanol–water partition coefficient (Wildman–Crippen LogP) is 2.90. The van der Waals surface area contributed by atoms with Gasteiger partial charge in [-0.25, -0.2) is 9.78 Å². The summed E-state index contributed by atoms with van der Waals surface area (Å²) in [6, 6.07) is 7.23. The quantitative estimate of drug-likeness (QED) is 0.463. The Kier molecular flexibility index (Phi) is 3.12. The first-order valence-electron chi connectivity index (χ1n) is 4.62. The van der Waals surface area contributed by atoms with Crippen molar-refractivity contribution >= 4 is 17.3 Å². The Labute approximate surface area is 97.0 Å². The number of carbonyl (C=O) groups excluding carboxylic acids is 1. The maximum atomic E-state index is 11.0. The number of rotatable bonds is 3. The molecule has 0 unspecified atom stereocenters. The first-order valence-corrected chi connectivity index (χ1v) is 5.57. The molecule has 0 radical (unpaired) electrons. The smallest absolute Gasteiger partial charge is 0.335 e. The number of esters is 1. The maximum Gasteiger partial charge on any atom is 0.335 e. The van der Waals surface area contributed by atoms with E-state index < -0.39 is 5.97 Å². The molecule has 0 N–H and O–H groups in total. The number of ether oxygens (including phenoxy) is 1. The van der Waals surface area contributed by atoms with Crippen LogP contribution in [0.5, 0.6) is 5.75 Å². The zero-order valence-electron chi connectivity index (χ0n) is 8.42. The van der Waals surface area contributed by atoms with E-state index in [1.165, 1.54) is 11.3 Å². The van der Waals surface area contributed by atoms with Crippen molar-refractivity contribution in [1.29, 1.82) is 0 Å². The molecule has 0 fully saturated rings. The van der Waals surface area contributed by atoms with Crippen molar-refractivity contribution in [3.05, 3.63) is 47.8 Å². The highest BCUT2D eigenvalue weighted by atomic mass is 32.1. The molecule has 0 atom stereocenters. The molecule has 2 aromatic rings. The minimum atomic E-state index is -0.463. The van der Waals surface area contributed by atoms with Gasteiger partial charge < -0.3 is 4.74 Å². The molecule has 0 saturated carbocycles. The van der Waals surface area contributed by atoms with Crippen molar-refractivity contribution in [1.82, 2.24) is 4.98 Å². The van der Waals surface area contributed by atoms with Crippen LogP contribution in [0.1, 0.15) is 0 Å². The van der Waals surface area contributed by atoms with Gasteiger partial charge in [-0.3, -0.25) is 0 Å². The summed E-state index contributed by atoms with van der Waals surface area (Å²) >= 11 is 1.52. The van der Waals surface area contributed by atoms with Crippen molar-refractivity contribution < 1.29 is 9.53 Å². The lowest BCUT2D eigenvalue weighted by Crippen LogP contribution is -2.02. The van der Waals surface area contributed by atoms with Gasteiger partial charge in [0.25, 0.3) is 0 Å². The molecular weight excluding hydrogens is 222 g/mol. The van der Waals surface area contributed by atoms with Gasteiger partial charge in [-0.15, -0.1) is 11.3 Å². The molecule has 1 aromatic carbocycles. The van der Waals surface area contributed by atoms with Crippen LogP contribution in [-0.2, 0) is 4.79 Å². The summed E-state index contributed by atoms with van der Waals surface area (Å²) in [5.74, 6) is 0.0332. The van der Waals surface area contributed by atoms with E-state index >= 15 is 0 Å². The molecule has 0 saturated heterocycles. The minimum absolute atomic E-state index is 0.463. The van der Waals surface area contributed by atoms with Crippen molar-refractivity contribution in [3.8, 4) is 17.0 Å². The zero-order chi connectivity index (χ0) is 11.4. The van der Waals surface area contributed by atoms with Crippen molar-refractivity contribution in [2.45, 2.75) is 0 Å². The van der Waals surface area contributed by atoms with E-state index in [9.17, 15) is 4.79 Å². The third-order valence-electron chi connectivity index (χ3n) is 1.95. The Hall–Kier alpha value is -1.94. The number of hydrogen-bond acceptors (Lipinski definition) is 4. The van der Waals surface area contributed by atoms with Gasteiger partial charge in [-0.05, 0) is 12.1 Å². The number of carbonyl (C=O) groups is 1. The fraction of sp³-hybridized carbons (Fsp3) is 0. The summed E-state index contributed by atoms with van der Waals surface area (Å²) in [6.45, 7) is 3.34. The summed E-state index contributed by atoms with van der Waals surface area (Å²) in [4.78, 5) is 15.2. The second kappa shape index (κ2) is 4.72. The first-order chi connectivity index (χ1) is 7.79. The summed E-state index contributed by atoms with van der Waals surface area (Å²) in [7, 11) is 0. The lowest BCUT2D eigenvalue weighted by molar-refractivity contribution is -0.128. The molecular formula is C12H9NO2S. The predicted molar refractivity (Wildman–Crippen MR) is 63.4 cm³/mol. The van der Waals surface area contributed by atoms with Crippen LogP contribution in [0.4, 0.5) is 0 Å². The summed E-state index contributed by atoms with van der Waals surface area (Å²) in [6.07, 6.45) is 1.13. The summed E-state index contributed by atoms with van der Waals surface area (Å²) in [5, 5.41) is 1.94. The number of benzene rings is 1. The van der Waals surface area contributed by atoms with Crippen LogP contribution in [0.25, 0.3) is 11.3 Å². The molecule has 0 aliphatic carbocycles. The summed E-state index contributed by atoms with van der Waals surface area (Å²) in [5.41, 5.74) is 3.56. The third kappa shape index (κ3) is 2.35. The van der Waals surface area contributed by atoms with E-state index in [4.69, 9.17) is 4.74 Å². The molecule has 4 heteroatoms. The van der Waals surface area contributed by atoms with Gasteiger partial charge in [0.15, 0.2) is 0 Å². The normalized spacial score (nSPS) is 9.75. The fourth-order valence-corrected chi connectivity index (χ4v) is 1.79. The summed E-state index contributed by atoms with van der Waals surface area (Å²) < 4.78 is 5.02. The molecule has 3 nitrogen and oxygen atoms in total. The SMILES string of the molecule is C=CC(=O)Oc1cccc(-c2cscn2)c1. The molecule has 0 aliphatic rings. The number of thiazole rings is 1. The Bertz CT molecular complexity index is 505. The molecule has 0 aliphatic heterocycles. The molecule has 2 rings (SSSR count). The number of aromatic nitrogens is 1. The highest BCUT2D eigenvalue weighted by Gasteiger charge is 2.03. The highest BCUT2D eigenvalue weighted by molar-refractivity contribution is 7.07. The molecule has 0 spiro atoms. The third-order valence-corrected chi connectivity index (χ3v) is 2.53. The fourth-order valence-electron chi connectivity index (χ4n) is 1.23. The second-order valence-corrected chi connectivity index (χ2v) is 3.75. The lowest BCUT2D eigenvalue weighted by atomic mass is 10.2. The largest absolute Gasteiger partial charge is 0.423 e. The van der Waals surface area contributed by atoms with Gasteiger partial charge >= 0.3 is 5.97 Å². The Morgan fingerprint density at radius 1 is 1.50 bits per heavy atom. The topological polar surface area (TPSA) is 39.2 Å². The maximum absolute atomic E-state index is 11.0. The van der Waals surface area contributed by atoms with Crippen LogP contribution < -0.4 is 4.74 Å². The van der Waals surface area contributed by atoms with Gasteiger partial charge in [0, 0.05) is 17.0 Å². The van der Waals surface area contributed by atoms with E-state index in [0.717, 1.165) is 17.3 Å². The molecule has 0 amide bonds. The number of nitrogens with zero attached hydrogens (tertiary/aromatic N) is 1. The van der Waals surface area contributed by atoms with Gasteiger partial charge in [0.05, 0.1) is 11.2 Å². The van der Waals surface area contributed by atoms with Crippen LogP contribution in [0, 0.1) is 0 Å². The van der Waals surface area contributed by atoms with Crippen LogP contribution in [0.3, 0.4) is 0 Å². The van der Waals surface area contributed by atoms with Crippen molar-refractivity contribution in [3.63, 3.8) is 0 Å². The van der Waals surface area contributed by atoms with E-state index in [1.54, 1.807) is 17.6 Å². The Balaban J connectivity index is 2.26. The monoisotopic (exact) mass is 231 g/mol. The molecule has 80 valence electrons. The van der Waals surface area contributed by atoms with E-state index in [0.29, 0.717) is 5.75 Å². The first kappa shape index (κ1) is 10.6. The highest BCUT2D eigenvalue weighted by Crippen LogP contribution is 2.23. The van der Waals surface area contributed by atoms with Crippen LogP contribution in [-0.4, -0.2) is 11.0 Å². The van der Waals surface area contributed by atoms with Gasteiger partial charge in [-0.1, -0.05) is 18.7 Å². The van der Waals surface area contributed by atoms with Gasteiger partial charge in [-0.2, -0.15) is 0 Å². The van der Waals surface area contributed by atoms with E-state index in [2.05, 4.69) is 11.6 Å². The standard InChI is InChI=1S/C12H9NO2S/c1-2-12(14)15-10-5-3-4-9(6-10)11-7-16-8-13-11/h2-8H,1H2. The minimum Gasteiger partial charge on any atom is -0.423 e.